The van der Waals surface area contributed by atoms with E-state index in [-0.39, 0.29) is 32.1 Å². The minimum atomic E-state index is -4.39. The van der Waals surface area contributed by atoms with Gasteiger partial charge in [0, 0.05) is 19.4 Å². The van der Waals surface area contributed by atoms with Crippen LogP contribution in [0.1, 0.15) is 155 Å². The molecule has 0 heterocycles. The number of phosphoric acid groups is 1. The number of ether oxygens (including phenoxy) is 1. The lowest BCUT2D eigenvalue weighted by molar-refractivity contribution is -0.147. The number of hydrogen-bond donors (Lipinski definition) is 3. The van der Waals surface area contributed by atoms with E-state index in [1.54, 1.807) is 0 Å². The van der Waals surface area contributed by atoms with E-state index in [4.69, 9.17) is 13.8 Å². The van der Waals surface area contributed by atoms with Crippen molar-refractivity contribution in [2.45, 2.75) is 161 Å². The molecule has 0 saturated carbocycles. The first-order valence-corrected chi connectivity index (χ1v) is 18.7. The molecule has 0 bridgehead atoms. The van der Waals surface area contributed by atoms with Gasteiger partial charge in [-0.05, 0) is 38.5 Å². The van der Waals surface area contributed by atoms with Crippen molar-refractivity contribution in [2.24, 2.45) is 0 Å². The van der Waals surface area contributed by atoms with E-state index in [0.717, 1.165) is 44.9 Å². The van der Waals surface area contributed by atoms with E-state index in [1.807, 2.05) is 0 Å². The number of hydrogen-bond acceptors (Lipinski definition) is 7. The number of amides is 1. The lowest BCUT2D eigenvalue weighted by atomic mass is 10.1. The van der Waals surface area contributed by atoms with Crippen molar-refractivity contribution in [3.63, 3.8) is 0 Å². The van der Waals surface area contributed by atoms with Crippen molar-refractivity contribution in [3.8, 4) is 0 Å². The summed E-state index contributed by atoms with van der Waals surface area (Å²) in [7, 11) is -4.39. The Hall–Kier alpha value is -1.25. The van der Waals surface area contributed by atoms with Crippen molar-refractivity contribution in [1.82, 2.24) is 5.32 Å². The van der Waals surface area contributed by atoms with Crippen molar-refractivity contribution in [2.75, 3.05) is 26.4 Å². The topological polar surface area (TPSA) is 131 Å². The average molecular weight is 634 g/mol. The molecule has 10 heteroatoms. The van der Waals surface area contributed by atoms with E-state index < -0.39 is 26.5 Å². The molecule has 0 radical (unpaired) electrons. The summed E-state index contributed by atoms with van der Waals surface area (Å²) in [5, 5.41) is 12.5. The second kappa shape index (κ2) is 30.8. The molecule has 0 aliphatic heterocycles. The van der Waals surface area contributed by atoms with Crippen LogP contribution >= 0.6 is 7.82 Å². The molecule has 0 rings (SSSR count). The molecule has 2 unspecified atom stereocenters. The van der Waals surface area contributed by atoms with Gasteiger partial charge in [0.25, 0.3) is 0 Å². The van der Waals surface area contributed by atoms with Crippen LogP contribution in [0.5, 0.6) is 0 Å². The number of aliphatic hydroxyl groups is 1. The fourth-order valence-electron chi connectivity index (χ4n) is 4.55. The zero-order valence-electron chi connectivity index (χ0n) is 27.4. The minimum absolute atomic E-state index is 0.0818. The maximum absolute atomic E-state index is 12.0. The number of nitrogens with one attached hydrogen (secondary N) is 1. The SMILES string of the molecule is CCCCCCCCC/C=C\CCCCCCCCCC(=O)NCCOP(=O)(O)OCC(O)COC(=O)CCCCCC. The second-order valence-corrected chi connectivity index (χ2v) is 12.9. The summed E-state index contributed by atoms with van der Waals surface area (Å²) in [6, 6.07) is 0. The van der Waals surface area contributed by atoms with Gasteiger partial charge in [0.05, 0.1) is 13.2 Å². The second-order valence-electron chi connectivity index (χ2n) is 11.5. The van der Waals surface area contributed by atoms with Crippen LogP contribution in [0, 0.1) is 0 Å². The molecule has 0 aromatic carbocycles. The molecular weight excluding hydrogens is 569 g/mol. The number of rotatable bonds is 32. The largest absolute Gasteiger partial charge is 0.472 e. The molecule has 1 amide bonds. The highest BCUT2D eigenvalue weighted by atomic mass is 31.2. The first kappa shape index (κ1) is 41.8. The number of unbranched alkanes of at least 4 members (excludes halogenated alkanes) is 17. The fourth-order valence-corrected chi connectivity index (χ4v) is 5.31. The molecule has 2 atom stereocenters. The normalized spacial score (nSPS) is 13.7. The van der Waals surface area contributed by atoms with Crippen LogP contribution in [0.15, 0.2) is 12.2 Å². The summed E-state index contributed by atoms with van der Waals surface area (Å²) in [6.45, 7) is 3.39. The van der Waals surface area contributed by atoms with E-state index >= 15 is 0 Å². The Morgan fingerprint density at radius 3 is 1.77 bits per heavy atom. The summed E-state index contributed by atoms with van der Waals surface area (Å²) in [6.07, 6.45) is 27.8. The summed E-state index contributed by atoms with van der Waals surface area (Å²) >= 11 is 0. The average Bonchev–Trinajstić information content (AvgIpc) is 2.99. The third-order valence-electron chi connectivity index (χ3n) is 7.20. The zero-order chi connectivity index (χ0) is 31.9. The molecule has 43 heavy (non-hydrogen) atoms. The van der Waals surface area contributed by atoms with Crippen LogP contribution in [0.25, 0.3) is 0 Å². The summed E-state index contributed by atoms with van der Waals surface area (Å²) in [5.74, 6) is -0.537. The van der Waals surface area contributed by atoms with Crippen LogP contribution in [0.2, 0.25) is 0 Å². The Morgan fingerprint density at radius 1 is 0.698 bits per heavy atom. The number of esters is 1. The first-order chi connectivity index (χ1) is 20.8. The predicted molar refractivity (Wildman–Crippen MR) is 174 cm³/mol. The van der Waals surface area contributed by atoms with Gasteiger partial charge >= 0.3 is 13.8 Å². The molecule has 254 valence electrons. The lowest BCUT2D eigenvalue weighted by Crippen LogP contribution is -2.27. The van der Waals surface area contributed by atoms with E-state index in [1.165, 1.54) is 83.5 Å². The van der Waals surface area contributed by atoms with Gasteiger partial charge in [-0.2, -0.15) is 0 Å². The monoisotopic (exact) mass is 633 g/mol. The molecule has 0 saturated heterocycles. The van der Waals surface area contributed by atoms with E-state index in [9.17, 15) is 24.2 Å². The van der Waals surface area contributed by atoms with Crippen molar-refractivity contribution in [3.05, 3.63) is 12.2 Å². The molecule has 0 aromatic rings. The van der Waals surface area contributed by atoms with Gasteiger partial charge in [-0.15, -0.1) is 0 Å². The Bertz CT molecular complexity index is 734. The maximum atomic E-state index is 12.0. The number of aliphatic hydroxyl groups excluding tert-OH is 1. The molecule has 3 N–H and O–H groups in total. The van der Waals surface area contributed by atoms with Crippen LogP contribution in [0.3, 0.4) is 0 Å². The van der Waals surface area contributed by atoms with Crippen LogP contribution in [0.4, 0.5) is 0 Å². The number of allylic oxidation sites excluding steroid dienone is 2. The highest BCUT2D eigenvalue weighted by molar-refractivity contribution is 7.47. The Morgan fingerprint density at radius 2 is 1.19 bits per heavy atom. The van der Waals surface area contributed by atoms with Gasteiger partial charge < -0.3 is 20.1 Å². The van der Waals surface area contributed by atoms with Crippen molar-refractivity contribution in [1.29, 1.82) is 0 Å². The first-order valence-electron chi connectivity index (χ1n) is 17.2. The van der Waals surface area contributed by atoms with Crippen LogP contribution in [-0.2, 0) is 27.9 Å². The van der Waals surface area contributed by atoms with Crippen LogP contribution < -0.4 is 5.32 Å². The Kier molecular flexibility index (Phi) is 29.9. The van der Waals surface area contributed by atoms with Gasteiger partial charge in [-0.3, -0.25) is 18.6 Å². The summed E-state index contributed by atoms with van der Waals surface area (Å²) < 4.78 is 26.4. The number of phosphoric ester groups is 1. The number of carbonyl (C=O) groups is 2. The van der Waals surface area contributed by atoms with Gasteiger partial charge in [0.2, 0.25) is 5.91 Å². The van der Waals surface area contributed by atoms with Gasteiger partial charge in [0.15, 0.2) is 0 Å². The van der Waals surface area contributed by atoms with Gasteiger partial charge in [-0.1, -0.05) is 116 Å². The minimum Gasteiger partial charge on any atom is -0.463 e. The standard InChI is InChI=1S/C33H64NO8P/c1-3-5-7-9-10-11-12-13-14-15-16-17-18-19-20-21-22-23-25-32(36)34-27-28-41-43(38,39)42-30-31(35)29-40-33(37)26-24-8-6-4-2/h14-15,31,35H,3-13,16-30H2,1-2H3,(H,34,36)(H,38,39)/b15-14-. The molecule has 9 nitrogen and oxygen atoms in total. The van der Waals surface area contributed by atoms with Gasteiger partial charge in [0.1, 0.15) is 12.7 Å². The molecule has 0 aliphatic rings. The smallest absolute Gasteiger partial charge is 0.463 e. The molecule has 0 fully saturated rings. The van der Waals surface area contributed by atoms with Crippen molar-refractivity contribution >= 4 is 19.7 Å². The van der Waals surface area contributed by atoms with Gasteiger partial charge in [-0.25, -0.2) is 4.57 Å². The third kappa shape index (κ3) is 32.0. The summed E-state index contributed by atoms with van der Waals surface area (Å²) in [4.78, 5) is 33.3. The Balaban J connectivity index is 3.56. The van der Waals surface area contributed by atoms with Crippen LogP contribution in [-0.4, -0.2) is 54.3 Å². The highest BCUT2D eigenvalue weighted by Crippen LogP contribution is 2.42. The molecular formula is C33H64NO8P. The quantitative estimate of drug-likeness (QED) is 0.0292. The van der Waals surface area contributed by atoms with E-state index in [2.05, 4.69) is 31.3 Å². The fraction of sp³-hybridized carbons (Fsp3) is 0.879. The molecule has 0 spiro atoms. The van der Waals surface area contributed by atoms with E-state index in [0.29, 0.717) is 6.42 Å². The Labute approximate surface area is 262 Å². The number of carbonyl (C=O) groups excluding carboxylic acids is 2. The maximum Gasteiger partial charge on any atom is 0.472 e. The summed E-state index contributed by atoms with van der Waals surface area (Å²) in [5.41, 5.74) is 0. The molecule has 0 aromatic heterocycles. The van der Waals surface area contributed by atoms with Crippen molar-refractivity contribution < 1.29 is 37.9 Å². The zero-order valence-corrected chi connectivity index (χ0v) is 28.3. The highest BCUT2D eigenvalue weighted by Gasteiger charge is 2.23. The lowest BCUT2D eigenvalue weighted by Gasteiger charge is -2.15. The third-order valence-corrected chi connectivity index (χ3v) is 8.18. The molecule has 0 aliphatic carbocycles. The predicted octanol–water partition coefficient (Wildman–Crippen LogP) is 8.32.